The van der Waals surface area contributed by atoms with Crippen LogP contribution in [0.3, 0.4) is 0 Å². The Labute approximate surface area is 144 Å². The summed E-state index contributed by atoms with van der Waals surface area (Å²) in [4.78, 5) is 22.6. The molecule has 0 radical (unpaired) electrons. The van der Waals surface area contributed by atoms with Gasteiger partial charge in [-0.2, -0.15) is 5.26 Å². The third kappa shape index (κ3) is 2.97. The molecule has 2 unspecified atom stereocenters. The van der Waals surface area contributed by atoms with Crippen LogP contribution < -0.4 is 9.47 Å². The lowest BCUT2D eigenvalue weighted by Gasteiger charge is -2.29. The molecular weight excluding hydrogens is 322 g/mol. The van der Waals surface area contributed by atoms with Gasteiger partial charge in [0.25, 0.3) is 0 Å². The van der Waals surface area contributed by atoms with E-state index in [2.05, 4.69) is 6.07 Å². The highest BCUT2D eigenvalue weighted by molar-refractivity contribution is 5.84. The number of nitriles is 1. The SMILES string of the molecule is CC(=O)Oc1ccc2c(c1)C(O)C(C#N)c1cccc(OC(C)=O)c1-2. The molecule has 6 nitrogen and oxygen atoms in total. The fourth-order valence-corrected chi connectivity index (χ4v) is 3.07. The number of aliphatic hydroxyl groups is 1. The second-order valence-electron chi connectivity index (χ2n) is 5.71. The minimum Gasteiger partial charge on any atom is -0.427 e. The Morgan fingerprint density at radius 2 is 1.80 bits per heavy atom. The molecule has 0 spiro atoms. The molecule has 2 atom stereocenters. The molecule has 0 fully saturated rings. The molecule has 0 heterocycles. The fourth-order valence-electron chi connectivity index (χ4n) is 3.07. The van der Waals surface area contributed by atoms with Crippen molar-refractivity contribution in [3.05, 3.63) is 47.5 Å². The van der Waals surface area contributed by atoms with Gasteiger partial charge in [-0.05, 0) is 34.9 Å². The molecule has 1 aliphatic carbocycles. The lowest BCUT2D eigenvalue weighted by atomic mass is 9.77. The molecule has 25 heavy (non-hydrogen) atoms. The first-order valence-corrected chi connectivity index (χ1v) is 7.64. The lowest BCUT2D eigenvalue weighted by Crippen LogP contribution is -2.18. The van der Waals surface area contributed by atoms with E-state index in [9.17, 15) is 20.0 Å². The van der Waals surface area contributed by atoms with Gasteiger partial charge >= 0.3 is 11.9 Å². The average molecular weight is 337 g/mol. The third-order valence-corrected chi connectivity index (χ3v) is 3.97. The number of benzene rings is 2. The largest absolute Gasteiger partial charge is 0.427 e. The van der Waals surface area contributed by atoms with Crippen molar-refractivity contribution in [2.24, 2.45) is 0 Å². The number of carbonyl (C=O) groups is 2. The maximum atomic E-state index is 11.4. The van der Waals surface area contributed by atoms with Crippen LogP contribution >= 0.6 is 0 Å². The second-order valence-corrected chi connectivity index (χ2v) is 5.71. The van der Waals surface area contributed by atoms with Gasteiger partial charge in [-0.1, -0.05) is 18.2 Å². The Kier molecular flexibility index (Phi) is 4.26. The molecule has 1 N–H and O–H groups in total. The number of fused-ring (bicyclic) bond motifs is 3. The van der Waals surface area contributed by atoms with Gasteiger partial charge in [-0.25, -0.2) is 0 Å². The zero-order chi connectivity index (χ0) is 18.1. The van der Waals surface area contributed by atoms with Crippen molar-refractivity contribution < 1.29 is 24.2 Å². The van der Waals surface area contributed by atoms with E-state index in [1.54, 1.807) is 30.3 Å². The average Bonchev–Trinajstić information content (AvgIpc) is 2.54. The highest BCUT2D eigenvalue weighted by Gasteiger charge is 2.35. The summed E-state index contributed by atoms with van der Waals surface area (Å²) in [6, 6.07) is 11.9. The summed E-state index contributed by atoms with van der Waals surface area (Å²) in [6.07, 6.45) is -1.09. The van der Waals surface area contributed by atoms with Crippen LogP contribution in [0.2, 0.25) is 0 Å². The van der Waals surface area contributed by atoms with E-state index >= 15 is 0 Å². The summed E-state index contributed by atoms with van der Waals surface area (Å²) in [7, 11) is 0. The summed E-state index contributed by atoms with van der Waals surface area (Å²) < 4.78 is 10.3. The quantitative estimate of drug-likeness (QED) is 0.668. The Balaban J connectivity index is 2.24. The first-order chi connectivity index (χ1) is 11.9. The van der Waals surface area contributed by atoms with Crippen LogP contribution in [0.25, 0.3) is 11.1 Å². The van der Waals surface area contributed by atoms with Crippen LogP contribution in [-0.2, 0) is 9.59 Å². The topological polar surface area (TPSA) is 96.6 Å². The molecule has 3 rings (SSSR count). The second kappa shape index (κ2) is 6.38. The van der Waals surface area contributed by atoms with Gasteiger partial charge < -0.3 is 14.6 Å². The minimum absolute atomic E-state index is 0.274. The molecule has 0 saturated heterocycles. The van der Waals surface area contributed by atoms with E-state index in [0.29, 0.717) is 28.0 Å². The first-order valence-electron chi connectivity index (χ1n) is 7.64. The van der Waals surface area contributed by atoms with Crippen molar-refractivity contribution in [3.8, 4) is 28.7 Å². The number of rotatable bonds is 2. The van der Waals surface area contributed by atoms with Crippen LogP contribution in [0.15, 0.2) is 36.4 Å². The lowest BCUT2D eigenvalue weighted by molar-refractivity contribution is -0.132. The predicted octanol–water partition coefficient (Wildman–Crippen LogP) is 2.86. The van der Waals surface area contributed by atoms with E-state index in [1.807, 2.05) is 0 Å². The van der Waals surface area contributed by atoms with Gasteiger partial charge in [-0.3, -0.25) is 9.59 Å². The number of hydrogen-bond acceptors (Lipinski definition) is 6. The van der Waals surface area contributed by atoms with E-state index in [1.165, 1.54) is 19.9 Å². The summed E-state index contributed by atoms with van der Waals surface area (Å²) in [5.74, 6) is -1.20. The molecule has 0 amide bonds. The van der Waals surface area contributed by atoms with Crippen molar-refractivity contribution in [2.75, 3.05) is 0 Å². The summed E-state index contributed by atoms with van der Waals surface area (Å²) >= 11 is 0. The molecule has 0 bridgehead atoms. The van der Waals surface area contributed by atoms with Crippen molar-refractivity contribution in [1.82, 2.24) is 0 Å². The maximum Gasteiger partial charge on any atom is 0.308 e. The summed E-state index contributed by atoms with van der Waals surface area (Å²) in [5.41, 5.74) is 2.24. The zero-order valence-corrected chi connectivity index (χ0v) is 13.6. The maximum absolute atomic E-state index is 11.4. The number of carbonyl (C=O) groups excluding carboxylic acids is 2. The van der Waals surface area contributed by atoms with Gasteiger partial charge in [0, 0.05) is 19.4 Å². The van der Waals surface area contributed by atoms with Gasteiger partial charge in [0.15, 0.2) is 0 Å². The summed E-state index contributed by atoms with van der Waals surface area (Å²) in [6.45, 7) is 2.58. The van der Waals surface area contributed by atoms with Crippen LogP contribution in [0.1, 0.15) is 37.0 Å². The number of aliphatic hydroxyl groups excluding tert-OH is 1. The highest BCUT2D eigenvalue weighted by Crippen LogP contribution is 2.49. The number of ether oxygens (including phenoxy) is 2. The third-order valence-electron chi connectivity index (χ3n) is 3.97. The molecule has 0 saturated carbocycles. The Hall–Kier alpha value is -3.17. The monoisotopic (exact) mass is 337 g/mol. The minimum atomic E-state index is -1.09. The molecule has 2 aromatic rings. The molecule has 126 valence electrons. The van der Waals surface area contributed by atoms with Gasteiger partial charge in [0.2, 0.25) is 0 Å². The van der Waals surface area contributed by atoms with E-state index in [4.69, 9.17) is 9.47 Å². The summed E-state index contributed by atoms with van der Waals surface area (Å²) in [5, 5.41) is 20.1. The normalized spacial score (nSPS) is 17.7. The molecule has 1 aliphatic rings. The van der Waals surface area contributed by atoms with Crippen molar-refractivity contribution in [1.29, 1.82) is 5.26 Å². The molecule has 0 aliphatic heterocycles. The van der Waals surface area contributed by atoms with Crippen LogP contribution in [0, 0.1) is 11.3 Å². The van der Waals surface area contributed by atoms with E-state index in [0.717, 1.165) is 0 Å². The molecule has 6 heteroatoms. The van der Waals surface area contributed by atoms with Gasteiger partial charge in [-0.15, -0.1) is 0 Å². The molecule has 0 aromatic heterocycles. The highest BCUT2D eigenvalue weighted by atomic mass is 16.5. The van der Waals surface area contributed by atoms with E-state index in [-0.39, 0.29) is 5.75 Å². The van der Waals surface area contributed by atoms with Gasteiger partial charge in [0.05, 0.1) is 12.2 Å². The Bertz CT molecular complexity index is 913. The van der Waals surface area contributed by atoms with Crippen LogP contribution in [0.4, 0.5) is 0 Å². The van der Waals surface area contributed by atoms with Gasteiger partial charge in [0.1, 0.15) is 17.4 Å². The Morgan fingerprint density at radius 3 is 2.44 bits per heavy atom. The molecule has 2 aromatic carbocycles. The van der Waals surface area contributed by atoms with Crippen molar-refractivity contribution in [3.63, 3.8) is 0 Å². The van der Waals surface area contributed by atoms with Crippen molar-refractivity contribution in [2.45, 2.75) is 25.9 Å². The van der Waals surface area contributed by atoms with Crippen LogP contribution in [0.5, 0.6) is 11.5 Å². The fraction of sp³-hybridized carbons (Fsp3) is 0.211. The number of nitrogens with zero attached hydrogens (tertiary/aromatic N) is 1. The standard InChI is InChI=1S/C19H15NO5/c1-10(21)24-12-6-7-14-15(8-12)19(23)16(9-20)13-4-3-5-17(18(13)14)25-11(2)22/h3-8,16,19,23H,1-2H3. The first kappa shape index (κ1) is 16.7. The zero-order valence-electron chi connectivity index (χ0n) is 13.6. The molecular formula is C19H15NO5. The van der Waals surface area contributed by atoms with Crippen LogP contribution in [-0.4, -0.2) is 17.0 Å². The Morgan fingerprint density at radius 1 is 1.08 bits per heavy atom. The predicted molar refractivity (Wildman–Crippen MR) is 87.8 cm³/mol. The van der Waals surface area contributed by atoms with E-state index < -0.39 is 24.0 Å². The number of esters is 2. The number of hydrogen-bond donors (Lipinski definition) is 1. The van der Waals surface area contributed by atoms with Crippen molar-refractivity contribution >= 4 is 11.9 Å². The smallest absolute Gasteiger partial charge is 0.308 e.